The molecule has 136 valence electrons. The molecule has 2 unspecified atom stereocenters. The summed E-state index contributed by atoms with van der Waals surface area (Å²) in [6.07, 6.45) is 4.34. The second-order valence-corrected chi connectivity index (χ2v) is 7.07. The third kappa shape index (κ3) is 4.11. The number of halogens is 1. The molecule has 1 aromatic rings. The lowest BCUT2D eigenvalue weighted by Gasteiger charge is -2.36. The largest absolute Gasteiger partial charge is 0.366 e. The van der Waals surface area contributed by atoms with Gasteiger partial charge in [0.1, 0.15) is 5.82 Å². The summed E-state index contributed by atoms with van der Waals surface area (Å²) in [4.78, 5) is 28.2. The number of carbonyl (C=O) groups is 2. The first-order chi connectivity index (χ1) is 12.1. The predicted octanol–water partition coefficient (Wildman–Crippen LogP) is 2.17. The summed E-state index contributed by atoms with van der Waals surface area (Å²) in [6, 6.07) is 6.74. The van der Waals surface area contributed by atoms with Gasteiger partial charge in [-0.3, -0.25) is 9.59 Å². The Morgan fingerprint density at radius 1 is 1.08 bits per heavy atom. The van der Waals surface area contributed by atoms with E-state index in [-0.39, 0.29) is 11.9 Å². The number of anilines is 1. The highest BCUT2D eigenvalue weighted by Crippen LogP contribution is 2.24. The first-order valence-electron chi connectivity index (χ1n) is 9.15. The van der Waals surface area contributed by atoms with Crippen LogP contribution in [0.3, 0.4) is 0 Å². The summed E-state index contributed by atoms with van der Waals surface area (Å²) in [5, 5.41) is 2.91. The van der Waals surface area contributed by atoms with Gasteiger partial charge in [-0.15, -0.1) is 0 Å². The summed E-state index contributed by atoms with van der Waals surface area (Å²) in [7, 11) is 0. The van der Waals surface area contributed by atoms with Crippen LogP contribution in [0.1, 0.15) is 32.6 Å². The van der Waals surface area contributed by atoms with Crippen LogP contribution in [0.15, 0.2) is 24.3 Å². The van der Waals surface area contributed by atoms with Gasteiger partial charge in [-0.05, 0) is 30.9 Å². The van der Waals surface area contributed by atoms with E-state index >= 15 is 0 Å². The molecule has 2 amide bonds. The normalized spacial score (nSPS) is 24.1. The van der Waals surface area contributed by atoms with Crippen LogP contribution in [0.4, 0.5) is 10.1 Å². The van der Waals surface area contributed by atoms with Gasteiger partial charge in [0.2, 0.25) is 0 Å². The standard InChI is InChI=1S/C19H26FN3O2/c1-14-6-2-4-8-16(14)21-18(24)19(25)23-12-10-22(11-13-23)17-9-5-3-7-15(17)20/h3,5,7,9,14,16H,2,4,6,8,10-13H2,1H3,(H,21,24). The van der Waals surface area contributed by atoms with E-state index in [4.69, 9.17) is 0 Å². The van der Waals surface area contributed by atoms with Gasteiger partial charge in [0.25, 0.3) is 0 Å². The second kappa shape index (κ2) is 7.85. The zero-order chi connectivity index (χ0) is 17.8. The first kappa shape index (κ1) is 17.7. The summed E-state index contributed by atoms with van der Waals surface area (Å²) >= 11 is 0. The Labute approximate surface area is 148 Å². The molecule has 1 saturated carbocycles. The molecule has 1 heterocycles. The van der Waals surface area contributed by atoms with Crippen LogP contribution in [0, 0.1) is 11.7 Å². The number of rotatable bonds is 2. The van der Waals surface area contributed by atoms with E-state index in [9.17, 15) is 14.0 Å². The van der Waals surface area contributed by atoms with Gasteiger partial charge >= 0.3 is 11.8 Å². The SMILES string of the molecule is CC1CCCCC1NC(=O)C(=O)N1CCN(c2ccccc2F)CC1. The van der Waals surface area contributed by atoms with E-state index in [0.29, 0.717) is 37.8 Å². The zero-order valence-corrected chi connectivity index (χ0v) is 14.7. The Bertz CT molecular complexity index is 629. The van der Waals surface area contributed by atoms with Crippen LogP contribution in [-0.4, -0.2) is 48.9 Å². The fourth-order valence-electron chi connectivity index (χ4n) is 3.76. The average Bonchev–Trinajstić information content (AvgIpc) is 2.63. The number of hydrogen-bond acceptors (Lipinski definition) is 3. The van der Waals surface area contributed by atoms with Crippen LogP contribution < -0.4 is 10.2 Å². The Morgan fingerprint density at radius 3 is 2.44 bits per heavy atom. The number of nitrogens with one attached hydrogen (secondary N) is 1. The van der Waals surface area contributed by atoms with Crippen LogP contribution in [-0.2, 0) is 9.59 Å². The number of para-hydroxylation sites is 1. The van der Waals surface area contributed by atoms with Crippen molar-refractivity contribution in [1.29, 1.82) is 0 Å². The number of hydrogen-bond donors (Lipinski definition) is 1. The van der Waals surface area contributed by atoms with Gasteiger partial charge in [-0.2, -0.15) is 0 Å². The Hall–Kier alpha value is -2.11. The van der Waals surface area contributed by atoms with Crippen molar-refractivity contribution in [2.75, 3.05) is 31.1 Å². The Balaban J connectivity index is 1.52. The van der Waals surface area contributed by atoms with E-state index in [1.165, 1.54) is 12.5 Å². The quantitative estimate of drug-likeness (QED) is 0.834. The molecule has 3 rings (SSSR count). The number of amides is 2. The zero-order valence-electron chi connectivity index (χ0n) is 14.7. The summed E-state index contributed by atoms with van der Waals surface area (Å²) in [5.41, 5.74) is 0.551. The minimum atomic E-state index is -0.502. The van der Waals surface area contributed by atoms with Gasteiger partial charge in [0, 0.05) is 32.2 Å². The van der Waals surface area contributed by atoms with Gasteiger partial charge in [0.05, 0.1) is 5.69 Å². The van der Waals surface area contributed by atoms with Crippen LogP contribution in [0.5, 0.6) is 0 Å². The molecular formula is C19H26FN3O2. The molecule has 1 aliphatic heterocycles. The Morgan fingerprint density at radius 2 is 1.76 bits per heavy atom. The summed E-state index contributed by atoms with van der Waals surface area (Å²) in [6.45, 7) is 4.04. The second-order valence-electron chi connectivity index (χ2n) is 7.07. The predicted molar refractivity (Wildman–Crippen MR) is 94.8 cm³/mol. The monoisotopic (exact) mass is 347 g/mol. The topological polar surface area (TPSA) is 52.7 Å². The van der Waals surface area contributed by atoms with Crippen molar-refractivity contribution in [3.63, 3.8) is 0 Å². The molecule has 0 radical (unpaired) electrons. The molecular weight excluding hydrogens is 321 g/mol. The fraction of sp³-hybridized carbons (Fsp3) is 0.579. The third-order valence-corrected chi connectivity index (χ3v) is 5.38. The van der Waals surface area contributed by atoms with Gasteiger partial charge < -0.3 is 15.1 Å². The van der Waals surface area contributed by atoms with Crippen molar-refractivity contribution in [1.82, 2.24) is 10.2 Å². The maximum Gasteiger partial charge on any atom is 0.312 e. The smallest absolute Gasteiger partial charge is 0.312 e. The van der Waals surface area contributed by atoms with Crippen LogP contribution in [0.2, 0.25) is 0 Å². The number of nitrogens with zero attached hydrogens (tertiary/aromatic N) is 2. The molecule has 0 bridgehead atoms. The van der Waals surface area contributed by atoms with Crippen molar-refractivity contribution in [2.24, 2.45) is 5.92 Å². The lowest BCUT2D eigenvalue weighted by atomic mass is 9.86. The van der Waals surface area contributed by atoms with Crippen molar-refractivity contribution in [2.45, 2.75) is 38.6 Å². The van der Waals surface area contributed by atoms with Crippen molar-refractivity contribution < 1.29 is 14.0 Å². The average molecular weight is 347 g/mol. The fourth-order valence-corrected chi connectivity index (χ4v) is 3.76. The number of piperazine rings is 1. The highest BCUT2D eigenvalue weighted by Gasteiger charge is 2.30. The van der Waals surface area contributed by atoms with Crippen LogP contribution >= 0.6 is 0 Å². The maximum atomic E-state index is 13.9. The molecule has 2 fully saturated rings. The van der Waals surface area contributed by atoms with Gasteiger partial charge in [0.15, 0.2) is 0 Å². The molecule has 1 aliphatic carbocycles. The van der Waals surface area contributed by atoms with Crippen LogP contribution in [0.25, 0.3) is 0 Å². The molecule has 0 spiro atoms. The van der Waals surface area contributed by atoms with Crippen molar-refractivity contribution >= 4 is 17.5 Å². The number of benzene rings is 1. The van der Waals surface area contributed by atoms with E-state index in [1.54, 1.807) is 23.1 Å². The Kier molecular flexibility index (Phi) is 5.56. The van der Waals surface area contributed by atoms with Crippen molar-refractivity contribution in [3.05, 3.63) is 30.1 Å². The maximum absolute atomic E-state index is 13.9. The van der Waals surface area contributed by atoms with E-state index < -0.39 is 11.8 Å². The molecule has 1 N–H and O–H groups in total. The molecule has 25 heavy (non-hydrogen) atoms. The molecule has 2 atom stereocenters. The summed E-state index contributed by atoms with van der Waals surface area (Å²) in [5.74, 6) is -0.807. The van der Waals surface area contributed by atoms with Gasteiger partial charge in [-0.1, -0.05) is 31.9 Å². The highest BCUT2D eigenvalue weighted by molar-refractivity contribution is 6.35. The van der Waals surface area contributed by atoms with E-state index in [1.807, 2.05) is 4.90 Å². The third-order valence-electron chi connectivity index (χ3n) is 5.38. The molecule has 6 heteroatoms. The lowest BCUT2D eigenvalue weighted by Crippen LogP contribution is -2.54. The minimum absolute atomic E-state index is 0.102. The van der Waals surface area contributed by atoms with E-state index in [0.717, 1.165) is 19.3 Å². The molecule has 1 saturated heterocycles. The molecule has 1 aromatic carbocycles. The number of carbonyl (C=O) groups excluding carboxylic acids is 2. The van der Waals surface area contributed by atoms with Gasteiger partial charge in [-0.25, -0.2) is 4.39 Å². The molecule has 2 aliphatic rings. The lowest BCUT2D eigenvalue weighted by molar-refractivity contribution is -0.146. The highest BCUT2D eigenvalue weighted by atomic mass is 19.1. The minimum Gasteiger partial charge on any atom is -0.366 e. The van der Waals surface area contributed by atoms with E-state index in [2.05, 4.69) is 12.2 Å². The molecule has 0 aromatic heterocycles. The first-order valence-corrected chi connectivity index (χ1v) is 9.15. The van der Waals surface area contributed by atoms with Crippen molar-refractivity contribution in [3.8, 4) is 0 Å². The molecule has 5 nitrogen and oxygen atoms in total. The summed E-state index contributed by atoms with van der Waals surface area (Å²) < 4.78 is 13.9.